The van der Waals surface area contributed by atoms with Crippen LogP contribution < -0.4 is 5.32 Å². The number of sulfone groups is 1. The van der Waals surface area contributed by atoms with Crippen LogP contribution in [0.5, 0.6) is 0 Å². The average molecular weight is 318 g/mol. The highest BCUT2D eigenvalue weighted by Crippen LogP contribution is 2.36. The SMILES string of the molecule is CCNC(CC(C)C(C)(C)C)C1CCCC(S(C)(=O)=O)C1. The first-order valence-electron chi connectivity index (χ1n) is 8.48. The van der Waals surface area contributed by atoms with Crippen molar-refractivity contribution >= 4 is 9.84 Å². The second-order valence-electron chi connectivity index (χ2n) is 8.05. The summed E-state index contributed by atoms with van der Waals surface area (Å²) in [6.07, 6.45) is 6.45. The van der Waals surface area contributed by atoms with Gasteiger partial charge in [0.2, 0.25) is 0 Å². The molecule has 4 heteroatoms. The molecule has 1 aliphatic carbocycles. The average Bonchev–Trinajstić information content (AvgIpc) is 2.36. The lowest BCUT2D eigenvalue weighted by Gasteiger charge is -2.38. The molecule has 0 aromatic heterocycles. The highest BCUT2D eigenvalue weighted by molar-refractivity contribution is 7.91. The summed E-state index contributed by atoms with van der Waals surface area (Å²) >= 11 is 0. The predicted octanol–water partition coefficient (Wildman–Crippen LogP) is 3.64. The molecule has 4 unspecified atom stereocenters. The van der Waals surface area contributed by atoms with Crippen molar-refractivity contribution in [3.8, 4) is 0 Å². The third kappa shape index (κ3) is 5.90. The fraction of sp³-hybridized carbons (Fsp3) is 1.00. The van der Waals surface area contributed by atoms with Crippen molar-refractivity contribution in [2.75, 3.05) is 12.8 Å². The van der Waals surface area contributed by atoms with Gasteiger partial charge in [-0.3, -0.25) is 0 Å². The second-order valence-corrected chi connectivity index (χ2v) is 10.4. The largest absolute Gasteiger partial charge is 0.314 e. The van der Waals surface area contributed by atoms with Crippen LogP contribution in [-0.4, -0.2) is 32.5 Å². The minimum absolute atomic E-state index is 0.123. The van der Waals surface area contributed by atoms with Gasteiger partial charge in [-0.2, -0.15) is 0 Å². The van der Waals surface area contributed by atoms with Crippen LogP contribution >= 0.6 is 0 Å². The van der Waals surface area contributed by atoms with E-state index < -0.39 is 9.84 Å². The van der Waals surface area contributed by atoms with Gasteiger partial charge in [0.1, 0.15) is 9.84 Å². The van der Waals surface area contributed by atoms with Gasteiger partial charge in [0.25, 0.3) is 0 Å². The second kappa shape index (κ2) is 7.45. The lowest BCUT2D eigenvalue weighted by Crippen LogP contribution is -2.43. The molecule has 0 saturated heterocycles. The number of nitrogens with one attached hydrogen (secondary N) is 1. The highest BCUT2D eigenvalue weighted by atomic mass is 32.2. The van der Waals surface area contributed by atoms with Gasteiger partial charge < -0.3 is 5.32 Å². The first-order chi connectivity index (χ1) is 9.55. The Morgan fingerprint density at radius 1 is 1.24 bits per heavy atom. The number of rotatable bonds is 6. The third-order valence-electron chi connectivity index (χ3n) is 5.39. The zero-order chi connectivity index (χ0) is 16.3. The van der Waals surface area contributed by atoms with Crippen LogP contribution in [-0.2, 0) is 9.84 Å². The fourth-order valence-electron chi connectivity index (χ4n) is 3.37. The Labute approximate surface area is 132 Å². The van der Waals surface area contributed by atoms with Crippen LogP contribution in [0.3, 0.4) is 0 Å². The van der Waals surface area contributed by atoms with Gasteiger partial charge in [0.15, 0.2) is 0 Å². The zero-order valence-electron chi connectivity index (χ0n) is 14.8. The Morgan fingerprint density at radius 3 is 2.33 bits per heavy atom. The van der Waals surface area contributed by atoms with E-state index in [0.29, 0.717) is 23.3 Å². The molecule has 0 spiro atoms. The standard InChI is InChI=1S/C17H35NO2S/c1-7-18-16(11-13(2)17(3,4)5)14-9-8-10-15(12-14)21(6,19)20/h13-16,18H,7-12H2,1-6H3. The molecule has 21 heavy (non-hydrogen) atoms. The van der Waals surface area contributed by atoms with Gasteiger partial charge in [-0.05, 0) is 49.5 Å². The van der Waals surface area contributed by atoms with E-state index in [2.05, 4.69) is 39.9 Å². The summed E-state index contributed by atoms with van der Waals surface area (Å²) in [4.78, 5) is 0. The maximum atomic E-state index is 11.9. The normalized spacial score (nSPS) is 27.3. The van der Waals surface area contributed by atoms with Crippen molar-refractivity contribution in [3.63, 3.8) is 0 Å². The molecule has 1 N–H and O–H groups in total. The van der Waals surface area contributed by atoms with E-state index in [1.807, 2.05) is 0 Å². The van der Waals surface area contributed by atoms with Gasteiger partial charge >= 0.3 is 0 Å². The Balaban J connectivity index is 2.76. The molecule has 0 bridgehead atoms. The van der Waals surface area contributed by atoms with Gasteiger partial charge in [0, 0.05) is 12.3 Å². The molecular weight excluding hydrogens is 282 g/mol. The molecule has 3 nitrogen and oxygen atoms in total. The quantitative estimate of drug-likeness (QED) is 0.813. The van der Waals surface area contributed by atoms with Crippen LogP contribution in [0.15, 0.2) is 0 Å². The van der Waals surface area contributed by atoms with Crippen molar-refractivity contribution < 1.29 is 8.42 Å². The molecule has 0 amide bonds. The summed E-state index contributed by atoms with van der Waals surface area (Å²) in [5.41, 5.74) is 0.304. The van der Waals surface area contributed by atoms with Crippen LogP contribution in [0.4, 0.5) is 0 Å². The summed E-state index contributed by atoms with van der Waals surface area (Å²) in [6, 6.07) is 0.453. The Morgan fingerprint density at radius 2 is 1.86 bits per heavy atom. The van der Waals surface area contributed by atoms with Crippen LogP contribution in [0, 0.1) is 17.3 Å². The molecule has 1 aliphatic rings. The summed E-state index contributed by atoms with van der Waals surface area (Å²) in [5.74, 6) is 1.13. The molecule has 0 aliphatic heterocycles. The zero-order valence-corrected chi connectivity index (χ0v) is 15.6. The smallest absolute Gasteiger partial charge is 0.150 e. The minimum atomic E-state index is -2.89. The molecule has 1 rings (SSSR count). The molecule has 0 heterocycles. The van der Waals surface area contributed by atoms with Crippen molar-refractivity contribution in [1.82, 2.24) is 5.32 Å². The molecule has 126 valence electrons. The molecule has 0 aromatic carbocycles. The lowest BCUT2D eigenvalue weighted by molar-refractivity contribution is 0.179. The number of hydrogen-bond acceptors (Lipinski definition) is 3. The van der Waals surface area contributed by atoms with Gasteiger partial charge in [-0.25, -0.2) is 8.42 Å². The van der Waals surface area contributed by atoms with Crippen LogP contribution in [0.1, 0.15) is 66.7 Å². The maximum Gasteiger partial charge on any atom is 0.150 e. The van der Waals surface area contributed by atoms with Gasteiger partial charge in [-0.1, -0.05) is 41.0 Å². The molecule has 0 radical (unpaired) electrons. The van der Waals surface area contributed by atoms with E-state index in [1.165, 1.54) is 12.7 Å². The van der Waals surface area contributed by atoms with Gasteiger partial charge in [0.05, 0.1) is 5.25 Å². The van der Waals surface area contributed by atoms with Crippen LogP contribution in [0.25, 0.3) is 0 Å². The summed E-state index contributed by atoms with van der Waals surface area (Å²) < 4.78 is 23.7. The molecule has 1 fully saturated rings. The lowest BCUT2D eigenvalue weighted by atomic mass is 9.74. The van der Waals surface area contributed by atoms with E-state index in [1.54, 1.807) is 0 Å². The van der Waals surface area contributed by atoms with E-state index in [-0.39, 0.29) is 5.25 Å². The summed E-state index contributed by atoms with van der Waals surface area (Å²) in [5, 5.41) is 3.51. The third-order valence-corrected chi connectivity index (χ3v) is 7.03. The van der Waals surface area contributed by atoms with Crippen molar-refractivity contribution in [3.05, 3.63) is 0 Å². The highest BCUT2D eigenvalue weighted by Gasteiger charge is 2.34. The Bertz CT molecular complexity index is 411. The molecular formula is C17H35NO2S. The van der Waals surface area contributed by atoms with Crippen molar-refractivity contribution in [2.45, 2.75) is 78.0 Å². The van der Waals surface area contributed by atoms with Crippen molar-refractivity contribution in [1.29, 1.82) is 0 Å². The Kier molecular flexibility index (Phi) is 6.73. The van der Waals surface area contributed by atoms with E-state index in [4.69, 9.17) is 0 Å². The first kappa shape index (κ1) is 19.0. The summed E-state index contributed by atoms with van der Waals surface area (Å²) in [7, 11) is -2.89. The maximum absolute atomic E-state index is 11.9. The monoisotopic (exact) mass is 317 g/mol. The topological polar surface area (TPSA) is 46.2 Å². The van der Waals surface area contributed by atoms with E-state index in [0.717, 1.165) is 32.2 Å². The number of hydrogen-bond donors (Lipinski definition) is 1. The Hall–Kier alpha value is -0.0900. The molecule has 0 aromatic rings. The molecule has 1 saturated carbocycles. The first-order valence-corrected chi connectivity index (χ1v) is 10.4. The van der Waals surface area contributed by atoms with Crippen LogP contribution in [0.2, 0.25) is 0 Å². The fourth-order valence-corrected chi connectivity index (χ4v) is 4.57. The molecule has 4 atom stereocenters. The van der Waals surface area contributed by atoms with Crippen molar-refractivity contribution in [2.24, 2.45) is 17.3 Å². The summed E-state index contributed by atoms with van der Waals surface area (Å²) in [6.45, 7) is 12.3. The van der Waals surface area contributed by atoms with Gasteiger partial charge in [-0.15, -0.1) is 0 Å². The minimum Gasteiger partial charge on any atom is -0.314 e. The van der Waals surface area contributed by atoms with E-state index >= 15 is 0 Å². The van der Waals surface area contributed by atoms with E-state index in [9.17, 15) is 8.42 Å². The predicted molar refractivity (Wildman–Crippen MR) is 91.3 cm³/mol.